The van der Waals surface area contributed by atoms with Gasteiger partial charge in [-0.05, 0) is 34.4 Å². The largest absolute Gasteiger partial charge is 0.352 e. The molecular formula is C28H25N5O2. The fraction of sp³-hybridized carbons (Fsp3) is 0.143. The number of hydrogen-bond acceptors (Lipinski definition) is 4. The third-order valence-corrected chi connectivity index (χ3v) is 6.02. The average Bonchev–Trinajstić information content (AvgIpc) is 3.40. The monoisotopic (exact) mass is 463 g/mol. The number of carbonyl (C=O) groups is 1. The van der Waals surface area contributed by atoms with Gasteiger partial charge >= 0.3 is 0 Å². The van der Waals surface area contributed by atoms with Crippen LogP contribution in [0.25, 0.3) is 21.9 Å². The van der Waals surface area contributed by atoms with E-state index in [-0.39, 0.29) is 17.9 Å². The lowest BCUT2D eigenvalue weighted by Crippen LogP contribution is -2.28. The van der Waals surface area contributed by atoms with Crippen molar-refractivity contribution in [3.05, 3.63) is 118 Å². The lowest BCUT2D eigenvalue weighted by atomic mass is 9.98. The average molecular weight is 464 g/mol. The van der Waals surface area contributed by atoms with Gasteiger partial charge < -0.3 is 5.32 Å². The molecule has 0 unspecified atom stereocenters. The zero-order valence-corrected chi connectivity index (χ0v) is 19.4. The maximum absolute atomic E-state index is 12.8. The van der Waals surface area contributed by atoms with Gasteiger partial charge in [-0.1, -0.05) is 66.7 Å². The summed E-state index contributed by atoms with van der Waals surface area (Å²) in [6.07, 6.45) is 3.81. The van der Waals surface area contributed by atoms with Crippen molar-refractivity contribution in [2.75, 3.05) is 0 Å². The van der Waals surface area contributed by atoms with Crippen molar-refractivity contribution < 1.29 is 4.79 Å². The predicted octanol–water partition coefficient (Wildman–Crippen LogP) is 3.70. The SMILES string of the molecule is Cn1nc(CC(=O)NCc2ccccc2-c2ccc(Cn3cccn3)cc2)c2ccccc2c1=O. The number of aromatic nitrogens is 4. The fourth-order valence-electron chi connectivity index (χ4n) is 4.24. The van der Waals surface area contributed by atoms with Crippen molar-refractivity contribution in [3.63, 3.8) is 0 Å². The Morgan fingerprint density at radius 3 is 2.43 bits per heavy atom. The quantitative estimate of drug-likeness (QED) is 0.399. The number of fused-ring (bicyclic) bond motifs is 1. The molecule has 0 atom stereocenters. The fourth-order valence-corrected chi connectivity index (χ4v) is 4.24. The lowest BCUT2D eigenvalue weighted by molar-refractivity contribution is -0.120. The highest BCUT2D eigenvalue weighted by atomic mass is 16.1. The second-order valence-corrected chi connectivity index (χ2v) is 8.43. The highest BCUT2D eigenvalue weighted by Crippen LogP contribution is 2.24. The third kappa shape index (κ3) is 4.89. The Bertz CT molecular complexity index is 1540. The molecule has 0 aliphatic heterocycles. The number of amides is 1. The smallest absolute Gasteiger partial charge is 0.274 e. The molecule has 5 rings (SSSR count). The molecule has 3 aromatic carbocycles. The zero-order chi connectivity index (χ0) is 24.2. The van der Waals surface area contributed by atoms with E-state index in [4.69, 9.17) is 0 Å². The molecule has 2 heterocycles. The highest BCUT2D eigenvalue weighted by Gasteiger charge is 2.13. The maximum atomic E-state index is 12.8. The van der Waals surface area contributed by atoms with Crippen LogP contribution in [-0.4, -0.2) is 25.5 Å². The molecule has 0 radical (unpaired) electrons. The van der Waals surface area contributed by atoms with Crippen LogP contribution >= 0.6 is 0 Å². The van der Waals surface area contributed by atoms with Crippen LogP contribution in [0.3, 0.4) is 0 Å². The molecule has 0 bridgehead atoms. The van der Waals surface area contributed by atoms with E-state index >= 15 is 0 Å². The van der Waals surface area contributed by atoms with E-state index in [1.165, 1.54) is 10.2 Å². The Balaban J connectivity index is 1.30. The second kappa shape index (κ2) is 9.77. The second-order valence-electron chi connectivity index (χ2n) is 8.43. The first-order chi connectivity index (χ1) is 17.1. The number of hydrogen-bond donors (Lipinski definition) is 1. The summed E-state index contributed by atoms with van der Waals surface area (Å²) in [7, 11) is 1.60. The molecule has 0 saturated heterocycles. The molecule has 35 heavy (non-hydrogen) atoms. The predicted molar refractivity (Wildman–Crippen MR) is 136 cm³/mol. The minimum Gasteiger partial charge on any atom is -0.352 e. The van der Waals surface area contributed by atoms with Crippen molar-refractivity contribution >= 4 is 16.7 Å². The molecule has 1 amide bonds. The van der Waals surface area contributed by atoms with Gasteiger partial charge in [0.25, 0.3) is 5.56 Å². The normalized spacial score (nSPS) is 11.0. The zero-order valence-electron chi connectivity index (χ0n) is 19.4. The van der Waals surface area contributed by atoms with Crippen LogP contribution in [0, 0.1) is 0 Å². The highest BCUT2D eigenvalue weighted by molar-refractivity contribution is 5.88. The third-order valence-electron chi connectivity index (χ3n) is 6.02. The summed E-state index contributed by atoms with van der Waals surface area (Å²) >= 11 is 0. The Morgan fingerprint density at radius 1 is 0.914 bits per heavy atom. The molecule has 0 aliphatic rings. The van der Waals surface area contributed by atoms with Crippen LogP contribution in [0.5, 0.6) is 0 Å². The first-order valence-corrected chi connectivity index (χ1v) is 11.4. The number of nitrogens with zero attached hydrogens (tertiary/aromatic N) is 4. The molecule has 0 saturated carbocycles. The van der Waals surface area contributed by atoms with Crippen molar-refractivity contribution in [2.24, 2.45) is 7.05 Å². The number of aryl methyl sites for hydroxylation is 1. The van der Waals surface area contributed by atoms with Crippen LogP contribution in [0.4, 0.5) is 0 Å². The Kier molecular flexibility index (Phi) is 6.22. The summed E-state index contributed by atoms with van der Waals surface area (Å²) in [5, 5.41) is 12.9. The van der Waals surface area contributed by atoms with Crippen LogP contribution in [0.2, 0.25) is 0 Å². The van der Waals surface area contributed by atoms with Crippen molar-refractivity contribution in [1.82, 2.24) is 24.9 Å². The van der Waals surface area contributed by atoms with Gasteiger partial charge in [-0.2, -0.15) is 10.2 Å². The van der Waals surface area contributed by atoms with Gasteiger partial charge in [0, 0.05) is 31.4 Å². The van der Waals surface area contributed by atoms with Crippen LogP contribution < -0.4 is 10.9 Å². The first-order valence-electron chi connectivity index (χ1n) is 11.4. The Morgan fingerprint density at radius 2 is 1.66 bits per heavy atom. The Hall–Kier alpha value is -4.52. The number of benzene rings is 3. The van der Waals surface area contributed by atoms with E-state index in [0.29, 0.717) is 23.0 Å². The van der Waals surface area contributed by atoms with Gasteiger partial charge in [0.05, 0.1) is 24.0 Å². The van der Waals surface area contributed by atoms with Crippen LogP contribution in [0.15, 0.2) is 96.1 Å². The lowest BCUT2D eigenvalue weighted by Gasteiger charge is -2.12. The van der Waals surface area contributed by atoms with Gasteiger partial charge in [-0.3, -0.25) is 14.3 Å². The first kappa shape index (κ1) is 22.3. The molecule has 174 valence electrons. The van der Waals surface area contributed by atoms with Crippen molar-refractivity contribution in [2.45, 2.75) is 19.5 Å². The van der Waals surface area contributed by atoms with E-state index < -0.39 is 0 Å². The van der Waals surface area contributed by atoms with Crippen LogP contribution in [-0.2, 0) is 31.4 Å². The summed E-state index contributed by atoms with van der Waals surface area (Å²) in [6.45, 7) is 1.12. The standard InChI is InChI=1S/C28H25N5O2/c1-32-28(35)25-10-5-4-9-24(25)26(31-32)17-27(34)29-18-22-7-2-3-8-23(22)21-13-11-20(12-14-21)19-33-16-6-15-30-33/h2-16H,17-19H2,1H3,(H,29,34). The van der Waals surface area contributed by atoms with Gasteiger partial charge in [0.1, 0.15) is 0 Å². The van der Waals surface area contributed by atoms with Crippen LogP contribution in [0.1, 0.15) is 16.8 Å². The van der Waals surface area contributed by atoms with E-state index in [2.05, 4.69) is 45.8 Å². The molecule has 5 aromatic rings. The van der Waals surface area contributed by atoms with E-state index in [1.54, 1.807) is 19.3 Å². The number of carbonyl (C=O) groups excluding carboxylic acids is 1. The maximum Gasteiger partial charge on any atom is 0.274 e. The van der Waals surface area contributed by atoms with Gasteiger partial charge in [0.2, 0.25) is 5.91 Å². The molecule has 7 heteroatoms. The molecule has 2 aromatic heterocycles. The van der Waals surface area contributed by atoms with Crippen molar-refractivity contribution in [3.8, 4) is 11.1 Å². The molecule has 7 nitrogen and oxygen atoms in total. The molecule has 1 N–H and O–H groups in total. The summed E-state index contributed by atoms with van der Waals surface area (Å²) in [5.74, 6) is -0.148. The molecular weight excluding hydrogens is 438 g/mol. The number of nitrogens with one attached hydrogen (secondary N) is 1. The molecule has 0 aliphatic carbocycles. The van der Waals surface area contributed by atoms with E-state index in [0.717, 1.165) is 23.2 Å². The summed E-state index contributed by atoms with van der Waals surface area (Å²) in [6, 6.07) is 25.6. The molecule has 0 fully saturated rings. The van der Waals surface area contributed by atoms with Gasteiger partial charge in [0.15, 0.2) is 0 Å². The Labute approximate surface area is 202 Å². The molecule has 0 spiro atoms. The summed E-state index contributed by atoms with van der Waals surface area (Å²) in [5.41, 5.74) is 4.77. The van der Waals surface area contributed by atoms with E-state index in [1.807, 2.05) is 53.3 Å². The topological polar surface area (TPSA) is 81.8 Å². The minimum absolute atomic E-state index is 0.0962. The van der Waals surface area contributed by atoms with Gasteiger partial charge in [-0.15, -0.1) is 0 Å². The van der Waals surface area contributed by atoms with E-state index in [9.17, 15) is 9.59 Å². The van der Waals surface area contributed by atoms with Gasteiger partial charge in [-0.25, -0.2) is 4.68 Å². The number of rotatable bonds is 7. The summed E-state index contributed by atoms with van der Waals surface area (Å²) in [4.78, 5) is 25.2. The minimum atomic E-state index is -0.172. The van der Waals surface area contributed by atoms with Crippen molar-refractivity contribution in [1.29, 1.82) is 0 Å². The summed E-state index contributed by atoms with van der Waals surface area (Å²) < 4.78 is 3.18.